The maximum absolute atomic E-state index is 13.0. The molecule has 0 saturated carbocycles. The lowest BCUT2D eigenvalue weighted by Gasteiger charge is -2.30. The molecule has 1 amide bonds. The van der Waals surface area contributed by atoms with Crippen molar-refractivity contribution in [2.24, 2.45) is 5.92 Å². The van der Waals surface area contributed by atoms with Crippen LogP contribution in [0.4, 0.5) is 18.9 Å². The molecule has 1 saturated heterocycles. The molecule has 0 aromatic heterocycles. The summed E-state index contributed by atoms with van der Waals surface area (Å²) in [6, 6.07) is 8.84. The Labute approximate surface area is 188 Å². The van der Waals surface area contributed by atoms with E-state index >= 15 is 0 Å². The number of anilines is 1. The van der Waals surface area contributed by atoms with Crippen LogP contribution in [0.15, 0.2) is 47.4 Å². The van der Waals surface area contributed by atoms with Crippen molar-refractivity contribution in [1.82, 2.24) is 4.31 Å². The van der Waals surface area contributed by atoms with E-state index in [0.29, 0.717) is 0 Å². The van der Waals surface area contributed by atoms with Crippen LogP contribution >= 0.6 is 11.6 Å². The van der Waals surface area contributed by atoms with Crippen LogP contribution in [-0.4, -0.2) is 37.5 Å². The minimum atomic E-state index is -4.66. The third kappa shape index (κ3) is 5.31. The Morgan fingerprint density at radius 2 is 1.75 bits per heavy atom. The Morgan fingerprint density at radius 3 is 2.34 bits per heavy atom. The van der Waals surface area contributed by atoms with E-state index in [9.17, 15) is 31.2 Å². The van der Waals surface area contributed by atoms with Gasteiger partial charge in [-0.1, -0.05) is 23.7 Å². The number of nitrogens with one attached hydrogen (secondary N) is 1. The molecule has 2 aromatic carbocycles. The highest BCUT2D eigenvalue weighted by molar-refractivity contribution is 7.89. The zero-order valence-electron chi connectivity index (χ0n) is 16.9. The second-order valence-electron chi connectivity index (χ2n) is 7.44. The Morgan fingerprint density at radius 1 is 1.09 bits per heavy atom. The van der Waals surface area contributed by atoms with Crippen LogP contribution in [0.2, 0.25) is 5.02 Å². The van der Waals surface area contributed by atoms with Gasteiger partial charge in [-0.2, -0.15) is 17.5 Å². The molecular weight excluding hydrogens is 469 g/mol. The van der Waals surface area contributed by atoms with Crippen LogP contribution in [0.3, 0.4) is 0 Å². The highest BCUT2D eigenvalue weighted by Gasteiger charge is 2.35. The van der Waals surface area contributed by atoms with E-state index in [1.165, 1.54) is 41.6 Å². The number of hydrogen-bond donors (Lipinski definition) is 1. The zero-order chi connectivity index (χ0) is 23.7. The zero-order valence-corrected chi connectivity index (χ0v) is 18.5. The molecule has 1 aliphatic rings. The molecule has 0 radical (unpaired) electrons. The minimum Gasteiger partial charge on any atom is -0.326 e. The lowest BCUT2D eigenvalue weighted by molar-refractivity contribution is -0.137. The van der Waals surface area contributed by atoms with Gasteiger partial charge in [-0.25, -0.2) is 8.42 Å². The van der Waals surface area contributed by atoms with Crippen molar-refractivity contribution >= 4 is 39.0 Å². The monoisotopic (exact) mass is 488 g/mol. The number of carbonyl (C=O) groups is 2. The van der Waals surface area contributed by atoms with Gasteiger partial charge in [-0.15, -0.1) is 0 Å². The van der Waals surface area contributed by atoms with Gasteiger partial charge >= 0.3 is 6.18 Å². The fourth-order valence-corrected chi connectivity index (χ4v) is 5.19. The van der Waals surface area contributed by atoms with Gasteiger partial charge in [0.25, 0.3) is 0 Å². The molecule has 1 N–H and O–H groups in total. The van der Waals surface area contributed by atoms with Crippen molar-refractivity contribution in [3.8, 4) is 0 Å². The standard InChI is InChI=1S/C21H20ClF3N2O4S/c1-13(28)15-3-2-4-17(11-15)32(30,31)27-9-7-14(8-10-27)20(29)26-16-5-6-19(22)18(12-16)21(23,24)25/h2-6,11-12,14H,7-10H2,1H3,(H,26,29). The molecule has 0 aliphatic carbocycles. The number of nitrogens with zero attached hydrogens (tertiary/aromatic N) is 1. The number of amides is 1. The average molecular weight is 489 g/mol. The van der Waals surface area contributed by atoms with Crippen molar-refractivity contribution in [1.29, 1.82) is 0 Å². The number of sulfonamides is 1. The summed E-state index contributed by atoms with van der Waals surface area (Å²) in [6.45, 7) is 1.48. The first-order valence-electron chi connectivity index (χ1n) is 9.68. The molecular formula is C21H20ClF3N2O4S. The van der Waals surface area contributed by atoms with Crippen LogP contribution in [0.25, 0.3) is 0 Å². The van der Waals surface area contributed by atoms with Crippen molar-refractivity contribution in [2.75, 3.05) is 18.4 Å². The molecule has 2 aromatic rings. The number of benzene rings is 2. The maximum Gasteiger partial charge on any atom is 0.417 e. The van der Waals surface area contributed by atoms with E-state index in [1.807, 2.05) is 0 Å². The van der Waals surface area contributed by atoms with Gasteiger partial charge in [0, 0.05) is 30.3 Å². The van der Waals surface area contributed by atoms with Crippen LogP contribution in [0.5, 0.6) is 0 Å². The number of halogens is 4. The predicted octanol–water partition coefficient (Wildman–Crippen LogP) is 4.60. The summed E-state index contributed by atoms with van der Waals surface area (Å²) in [5.74, 6) is -1.31. The van der Waals surface area contributed by atoms with E-state index in [0.717, 1.165) is 12.1 Å². The Balaban J connectivity index is 1.66. The molecule has 0 unspecified atom stereocenters. The average Bonchev–Trinajstić information content (AvgIpc) is 2.74. The van der Waals surface area contributed by atoms with Gasteiger partial charge in [-0.3, -0.25) is 9.59 Å². The normalized spacial score (nSPS) is 16.0. The van der Waals surface area contributed by atoms with Gasteiger partial charge in [-0.05, 0) is 50.1 Å². The molecule has 1 fully saturated rings. The summed E-state index contributed by atoms with van der Waals surface area (Å²) in [5, 5.41) is 1.98. The molecule has 3 rings (SSSR count). The topological polar surface area (TPSA) is 83.6 Å². The van der Waals surface area contributed by atoms with Crippen LogP contribution in [0.1, 0.15) is 35.7 Å². The Hall–Kier alpha value is -2.43. The fraction of sp³-hybridized carbons (Fsp3) is 0.333. The first-order chi connectivity index (χ1) is 14.9. The van der Waals surface area contributed by atoms with Gasteiger partial charge in [0.15, 0.2) is 5.78 Å². The molecule has 11 heteroatoms. The number of rotatable bonds is 5. The SMILES string of the molecule is CC(=O)c1cccc(S(=O)(=O)N2CCC(C(=O)Nc3ccc(Cl)c(C(F)(F)F)c3)CC2)c1. The Bertz CT molecular complexity index is 1140. The third-order valence-electron chi connectivity index (χ3n) is 5.24. The van der Waals surface area contributed by atoms with Crippen LogP contribution in [-0.2, 0) is 21.0 Å². The number of Topliss-reactive ketones (excluding diaryl/α,β-unsaturated/α-hetero) is 1. The molecule has 172 valence electrons. The van der Waals surface area contributed by atoms with E-state index in [1.54, 1.807) is 0 Å². The first-order valence-corrected chi connectivity index (χ1v) is 11.5. The fourth-order valence-electron chi connectivity index (χ4n) is 3.45. The molecule has 6 nitrogen and oxygen atoms in total. The molecule has 1 heterocycles. The molecule has 0 bridgehead atoms. The smallest absolute Gasteiger partial charge is 0.326 e. The van der Waals surface area contributed by atoms with E-state index in [-0.39, 0.29) is 47.9 Å². The van der Waals surface area contributed by atoms with E-state index in [4.69, 9.17) is 11.6 Å². The summed E-state index contributed by atoms with van der Waals surface area (Å²) in [7, 11) is -3.84. The summed E-state index contributed by atoms with van der Waals surface area (Å²) in [6.07, 6.45) is -4.24. The van der Waals surface area contributed by atoms with E-state index in [2.05, 4.69) is 5.32 Å². The van der Waals surface area contributed by atoms with Crippen molar-refractivity contribution in [3.63, 3.8) is 0 Å². The van der Waals surface area contributed by atoms with Gasteiger partial charge in [0.2, 0.25) is 15.9 Å². The van der Waals surface area contributed by atoms with Crippen molar-refractivity contribution in [3.05, 3.63) is 58.6 Å². The summed E-state index contributed by atoms with van der Waals surface area (Å²) in [5.41, 5.74) is -0.810. The largest absolute Gasteiger partial charge is 0.417 e. The summed E-state index contributed by atoms with van der Waals surface area (Å²) < 4.78 is 66.0. The second kappa shape index (κ2) is 9.21. The highest BCUT2D eigenvalue weighted by Crippen LogP contribution is 2.36. The molecule has 32 heavy (non-hydrogen) atoms. The van der Waals surface area contributed by atoms with E-state index < -0.39 is 38.6 Å². The minimum absolute atomic E-state index is 0.00561. The van der Waals surface area contributed by atoms with Gasteiger partial charge in [0.05, 0.1) is 15.5 Å². The quantitative estimate of drug-likeness (QED) is 0.623. The number of ketones is 1. The van der Waals surface area contributed by atoms with Crippen LogP contribution < -0.4 is 5.32 Å². The number of carbonyl (C=O) groups excluding carboxylic acids is 2. The first kappa shape index (κ1) is 24.2. The molecule has 1 aliphatic heterocycles. The third-order valence-corrected chi connectivity index (χ3v) is 7.47. The predicted molar refractivity (Wildman–Crippen MR) is 113 cm³/mol. The Kier molecular flexibility index (Phi) is 6.97. The lowest BCUT2D eigenvalue weighted by atomic mass is 9.97. The number of piperidine rings is 1. The van der Waals surface area contributed by atoms with Crippen molar-refractivity contribution < 1.29 is 31.2 Å². The lowest BCUT2D eigenvalue weighted by Crippen LogP contribution is -2.41. The number of hydrogen-bond acceptors (Lipinski definition) is 4. The summed E-state index contributed by atoms with van der Waals surface area (Å²) in [4.78, 5) is 24.1. The molecule has 0 atom stereocenters. The maximum atomic E-state index is 13.0. The van der Waals surface area contributed by atoms with Gasteiger partial charge < -0.3 is 5.32 Å². The number of alkyl halides is 3. The van der Waals surface area contributed by atoms with Gasteiger partial charge in [0.1, 0.15) is 0 Å². The van der Waals surface area contributed by atoms with Crippen molar-refractivity contribution in [2.45, 2.75) is 30.8 Å². The highest BCUT2D eigenvalue weighted by atomic mass is 35.5. The van der Waals surface area contributed by atoms with Crippen LogP contribution in [0, 0.1) is 5.92 Å². The summed E-state index contributed by atoms with van der Waals surface area (Å²) >= 11 is 5.59. The molecule has 0 spiro atoms. The second-order valence-corrected chi connectivity index (χ2v) is 9.79.